The number of nitrogens with one attached hydrogen (secondary N) is 1. The Balaban J connectivity index is 1.28. The van der Waals surface area contributed by atoms with Gasteiger partial charge in [0.2, 0.25) is 0 Å². The van der Waals surface area contributed by atoms with Crippen LogP contribution in [0, 0.1) is 10.1 Å². The Morgan fingerprint density at radius 2 is 1.91 bits per heavy atom. The zero-order chi connectivity index (χ0) is 22.5. The van der Waals surface area contributed by atoms with Crippen LogP contribution in [-0.2, 0) is 9.53 Å². The summed E-state index contributed by atoms with van der Waals surface area (Å²) in [6.07, 6.45) is 1.58. The molecule has 2 aliphatic rings. The minimum absolute atomic E-state index is 0.0214. The molecular formula is C22H23N3O7. The molecular weight excluding hydrogens is 418 g/mol. The number of fused-ring (bicyclic) bond motifs is 1. The molecule has 0 saturated carbocycles. The number of carbonyl (C=O) groups is 2. The summed E-state index contributed by atoms with van der Waals surface area (Å²) in [7, 11) is 0. The summed E-state index contributed by atoms with van der Waals surface area (Å²) < 4.78 is 16.4. The first kappa shape index (κ1) is 21.4. The molecule has 2 heterocycles. The number of carbonyl (C=O) groups excluding carboxylic acids is 2. The van der Waals surface area contributed by atoms with Crippen molar-refractivity contribution in [3.63, 3.8) is 0 Å². The Morgan fingerprint density at radius 3 is 2.66 bits per heavy atom. The first-order valence-electron chi connectivity index (χ1n) is 10.4. The predicted molar refractivity (Wildman–Crippen MR) is 114 cm³/mol. The molecule has 1 N–H and O–H groups in total. The molecule has 2 aromatic carbocycles. The fourth-order valence-electron chi connectivity index (χ4n) is 3.68. The molecule has 1 saturated heterocycles. The smallest absolute Gasteiger partial charge is 0.338 e. The Morgan fingerprint density at radius 1 is 1.16 bits per heavy atom. The first-order valence-corrected chi connectivity index (χ1v) is 10.4. The average Bonchev–Trinajstić information content (AvgIpc) is 3.35. The van der Waals surface area contributed by atoms with Crippen LogP contribution in [0.25, 0.3) is 0 Å². The van der Waals surface area contributed by atoms with Gasteiger partial charge in [0.15, 0.2) is 18.1 Å². The lowest BCUT2D eigenvalue weighted by Crippen LogP contribution is -2.42. The van der Waals surface area contributed by atoms with Gasteiger partial charge in [-0.15, -0.1) is 0 Å². The molecule has 0 spiro atoms. The Hall–Kier alpha value is -3.82. The number of para-hydroxylation sites is 2. The van der Waals surface area contributed by atoms with Gasteiger partial charge in [-0.1, -0.05) is 12.1 Å². The Kier molecular flexibility index (Phi) is 6.39. The lowest BCUT2D eigenvalue weighted by atomic mass is 10.1. The van der Waals surface area contributed by atoms with Crippen molar-refractivity contribution in [2.75, 3.05) is 37.7 Å². The summed E-state index contributed by atoms with van der Waals surface area (Å²) in [6, 6.07) is 11.5. The molecule has 0 aromatic heterocycles. The number of anilines is 1. The van der Waals surface area contributed by atoms with Gasteiger partial charge in [-0.2, -0.15) is 0 Å². The van der Waals surface area contributed by atoms with E-state index in [0.717, 1.165) is 25.9 Å². The van der Waals surface area contributed by atoms with Crippen LogP contribution in [0.3, 0.4) is 0 Å². The number of hydrogen-bond acceptors (Lipinski definition) is 8. The van der Waals surface area contributed by atoms with E-state index in [-0.39, 0.29) is 30.5 Å². The highest BCUT2D eigenvalue weighted by molar-refractivity contribution is 5.93. The van der Waals surface area contributed by atoms with Crippen molar-refractivity contribution in [1.29, 1.82) is 0 Å². The lowest BCUT2D eigenvalue weighted by molar-refractivity contribution is -0.384. The molecule has 168 valence electrons. The monoisotopic (exact) mass is 441 g/mol. The molecule has 0 aliphatic carbocycles. The predicted octanol–water partition coefficient (Wildman–Crippen LogP) is 2.31. The molecule has 2 aliphatic heterocycles. The second-order valence-corrected chi connectivity index (χ2v) is 7.53. The summed E-state index contributed by atoms with van der Waals surface area (Å²) >= 11 is 0. The first-order chi connectivity index (χ1) is 15.5. The van der Waals surface area contributed by atoms with Crippen LogP contribution < -0.4 is 19.7 Å². The third-order valence-electron chi connectivity index (χ3n) is 5.28. The van der Waals surface area contributed by atoms with Gasteiger partial charge in [0.25, 0.3) is 11.6 Å². The normalized spacial score (nSPS) is 17.0. The second kappa shape index (κ2) is 9.54. The van der Waals surface area contributed by atoms with Crippen molar-refractivity contribution in [3.8, 4) is 11.5 Å². The quantitative estimate of drug-likeness (QED) is 0.395. The van der Waals surface area contributed by atoms with Gasteiger partial charge in [0.1, 0.15) is 18.4 Å². The maximum Gasteiger partial charge on any atom is 0.338 e. The zero-order valence-electron chi connectivity index (χ0n) is 17.3. The molecule has 4 rings (SSSR count). The average molecular weight is 441 g/mol. The maximum atomic E-state index is 12.3. The van der Waals surface area contributed by atoms with E-state index in [1.807, 2.05) is 17.0 Å². The molecule has 1 amide bonds. The topological polar surface area (TPSA) is 120 Å². The number of ether oxygens (including phenoxy) is 3. The third kappa shape index (κ3) is 4.90. The Bertz CT molecular complexity index is 1020. The molecule has 2 aromatic rings. The van der Waals surface area contributed by atoms with Crippen LogP contribution in [-0.4, -0.2) is 55.8 Å². The molecule has 32 heavy (non-hydrogen) atoms. The van der Waals surface area contributed by atoms with E-state index in [2.05, 4.69) is 5.32 Å². The summed E-state index contributed by atoms with van der Waals surface area (Å²) in [4.78, 5) is 37.3. The van der Waals surface area contributed by atoms with E-state index in [0.29, 0.717) is 17.2 Å². The largest absolute Gasteiger partial charge is 0.486 e. The highest BCUT2D eigenvalue weighted by atomic mass is 16.6. The van der Waals surface area contributed by atoms with Crippen LogP contribution in [0.1, 0.15) is 23.2 Å². The van der Waals surface area contributed by atoms with Crippen LogP contribution >= 0.6 is 0 Å². The van der Waals surface area contributed by atoms with Gasteiger partial charge in [-0.25, -0.2) is 4.79 Å². The fourth-order valence-corrected chi connectivity index (χ4v) is 3.68. The summed E-state index contributed by atoms with van der Waals surface area (Å²) in [5.74, 6) is -0.0661. The molecule has 10 heteroatoms. The van der Waals surface area contributed by atoms with Crippen molar-refractivity contribution in [2.24, 2.45) is 0 Å². The number of nitro groups is 1. The molecule has 10 nitrogen and oxygen atoms in total. The summed E-state index contributed by atoms with van der Waals surface area (Å²) in [5, 5.41) is 14.1. The summed E-state index contributed by atoms with van der Waals surface area (Å²) in [6.45, 7) is 1.44. The van der Waals surface area contributed by atoms with Gasteiger partial charge in [0.05, 0.1) is 17.0 Å². The SMILES string of the molecule is O=C(COC(=O)c1ccc(N2CCCC2)c([N+](=O)[O-])c1)NCC1COc2ccccc2O1. The van der Waals surface area contributed by atoms with Crippen molar-refractivity contribution in [3.05, 3.63) is 58.1 Å². The van der Waals surface area contributed by atoms with Crippen molar-refractivity contribution < 1.29 is 28.7 Å². The van der Waals surface area contributed by atoms with Crippen LogP contribution in [0.15, 0.2) is 42.5 Å². The molecule has 1 fully saturated rings. The van der Waals surface area contributed by atoms with Crippen LogP contribution in [0.5, 0.6) is 11.5 Å². The van der Waals surface area contributed by atoms with Gasteiger partial charge < -0.3 is 24.4 Å². The van der Waals surface area contributed by atoms with Crippen LogP contribution in [0.4, 0.5) is 11.4 Å². The second-order valence-electron chi connectivity index (χ2n) is 7.53. The number of nitrogens with zero attached hydrogens (tertiary/aromatic N) is 2. The Labute approximate surface area is 184 Å². The fraction of sp³-hybridized carbons (Fsp3) is 0.364. The molecule has 1 unspecified atom stereocenters. The van der Waals surface area contributed by atoms with E-state index in [9.17, 15) is 19.7 Å². The number of rotatable bonds is 7. The van der Waals surface area contributed by atoms with E-state index in [4.69, 9.17) is 14.2 Å². The van der Waals surface area contributed by atoms with Crippen molar-refractivity contribution in [1.82, 2.24) is 5.32 Å². The van der Waals surface area contributed by atoms with E-state index in [1.54, 1.807) is 18.2 Å². The molecule has 1 atom stereocenters. The maximum absolute atomic E-state index is 12.3. The van der Waals surface area contributed by atoms with Crippen molar-refractivity contribution in [2.45, 2.75) is 18.9 Å². The molecule has 0 bridgehead atoms. The lowest BCUT2D eigenvalue weighted by Gasteiger charge is -2.26. The number of benzene rings is 2. The zero-order valence-corrected chi connectivity index (χ0v) is 17.3. The van der Waals surface area contributed by atoms with Gasteiger partial charge in [-0.05, 0) is 37.1 Å². The standard InChI is InChI=1S/C22H23N3O7/c26-21(23-12-16-13-30-19-5-1-2-6-20(19)32-16)14-31-22(27)15-7-8-17(18(11-15)25(28)29)24-9-3-4-10-24/h1-2,5-8,11,16H,3-4,9-10,12-14H2,(H,23,26). The van der Waals surface area contributed by atoms with E-state index < -0.39 is 23.4 Å². The number of hydrogen-bond donors (Lipinski definition) is 1. The van der Waals surface area contributed by atoms with Crippen LogP contribution in [0.2, 0.25) is 0 Å². The summed E-state index contributed by atoms with van der Waals surface area (Å²) in [5.41, 5.74) is 0.353. The van der Waals surface area contributed by atoms with Crippen molar-refractivity contribution >= 4 is 23.3 Å². The highest BCUT2D eigenvalue weighted by Gasteiger charge is 2.25. The van der Waals surface area contributed by atoms with Gasteiger partial charge in [-0.3, -0.25) is 14.9 Å². The highest BCUT2D eigenvalue weighted by Crippen LogP contribution is 2.32. The molecule has 0 radical (unpaired) electrons. The van der Waals surface area contributed by atoms with Gasteiger partial charge >= 0.3 is 5.97 Å². The number of amides is 1. The van der Waals surface area contributed by atoms with E-state index >= 15 is 0 Å². The third-order valence-corrected chi connectivity index (χ3v) is 5.28. The minimum Gasteiger partial charge on any atom is -0.486 e. The minimum atomic E-state index is -0.803. The van der Waals surface area contributed by atoms with E-state index in [1.165, 1.54) is 12.1 Å². The van der Waals surface area contributed by atoms with Gasteiger partial charge in [0, 0.05) is 19.2 Å². The number of nitro benzene ring substituents is 1. The number of esters is 1.